The first-order chi connectivity index (χ1) is 16.6. The summed E-state index contributed by atoms with van der Waals surface area (Å²) in [5.74, 6) is -2.97. The number of nitrogens with one attached hydrogen (secondary N) is 2. The maximum atomic E-state index is 13.2. The maximum Gasteiger partial charge on any atom is 0.417 e. The van der Waals surface area contributed by atoms with E-state index in [4.69, 9.17) is 16.3 Å². The summed E-state index contributed by atoms with van der Waals surface area (Å²) < 4.78 is 44.8. The average Bonchev–Trinajstić information content (AvgIpc) is 2.75. The minimum atomic E-state index is -4.86. The van der Waals surface area contributed by atoms with Crippen molar-refractivity contribution in [2.45, 2.75) is 57.2 Å². The number of carboxylic acids is 1. The summed E-state index contributed by atoms with van der Waals surface area (Å²) in [7, 11) is 0. The van der Waals surface area contributed by atoms with Crippen LogP contribution in [-0.4, -0.2) is 45.9 Å². The third-order valence-corrected chi connectivity index (χ3v) is 5.25. The number of rotatable bonds is 8. The summed E-state index contributed by atoms with van der Waals surface area (Å²) in [6.07, 6.45) is -7.84. The first-order valence-corrected chi connectivity index (χ1v) is 11.1. The molecule has 2 amide bonds. The van der Waals surface area contributed by atoms with Crippen LogP contribution in [0.3, 0.4) is 0 Å². The van der Waals surface area contributed by atoms with Gasteiger partial charge in [-0.2, -0.15) is 13.2 Å². The molecule has 0 saturated carbocycles. The zero-order valence-corrected chi connectivity index (χ0v) is 20.4. The molecule has 196 valence electrons. The van der Waals surface area contributed by atoms with Gasteiger partial charge in [0, 0.05) is 5.56 Å². The number of carbonyl (C=O) groups excluding carboxylic acids is 2. The summed E-state index contributed by atoms with van der Waals surface area (Å²) in [6, 6.07) is 7.84. The lowest BCUT2D eigenvalue weighted by Gasteiger charge is -2.27. The van der Waals surface area contributed by atoms with Crippen LogP contribution >= 0.6 is 11.6 Å². The van der Waals surface area contributed by atoms with Crippen LogP contribution in [0, 0.1) is 0 Å². The third kappa shape index (κ3) is 8.13. The van der Waals surface area contributed by atoms with Gasteiger partial charge in [-0.3, -0.25) is 4.79 Å². The fourth-order valence-electron chi connectivity index (χ4n) is 3.24. The number of hydrogen-bond acceptors (Lipinski definition) is 5. The number of aliphatic hydroxyl groups is 1. The van der Waals surface area contributed by atoms with Crippen molar-refractivity contribution in [2.75, 3.05) is 0 Å². The van der Waals surface area contributed by atoms with E-state index in [0.29, 0.717) is 11.6 Å². The number of alkyl carbamates (subject to hydrolysis) is 1. The first-order valence-electron chi connectivity index (χ1n) is 10.7. The molecule has 1 unspecified atom stereocenters. The molecule has 8 nitrogen and oxygen atoms in total. The van der Waals surface area contributed by atoms with Crippen molar-refractivity contribution >= 4 is 29.6 Å². The Hall–Kier alpha value is -3.31. The Morgan fingerprint density at radius 2 is 1.61 bits per heavy atom. The number of aliphatic carboxylic acids is 1. The third-order valence-electron chi connectivity index (χ3n) is 4.83. The number of halogens is 4. The van der Waals surface area contributed by atoms with Crippen molar-refractivity contribution in [3.8, 4) is 0 Å². The summed E-state index contributed by atoms with van der Waals surface area (Å²) >= 11 is 5.82. The van der Waals surface area contributed by atoms with Crippen LogP contribution in [0.5, 0.6) is 0 Å². The van der Waals surface area contributed by atoms with E-state index < -0.39 is 64.1 Å². The Morgan fingerprint density at radius 3 is 2.14 bits per heavy atom. The van der Waals surface area contributed by atoms with Crippen molar-refractivity contribution in [3.05, 3.63) is 70.2 Å². The topological polar surface area (TPSA) is 125 Å². The van der Waals surface area contributed by atoms with Gasteiger partial charge in [0.25, 0.3) is 5.91 Å². The van der Waals surface area contributed by atoms with Gasteiger partial charge >= 0.3 is 18.2 Å². The van der Waals surface area contributed by atoms with Crippen LogP contribution in [0.4, 0.5) is 18.0 Å². The summed E-state index contributed by atoms with van der Waals surface area (Å²) in [4.78, 5) is 37.0. The van der Waals surface area contributed by atoms with E-state index in [9.17, 15) is 37.8 Å². The van der Waals surface area contributed by atoms with Crippen LogP contribution < -0.4 is 10.6 Å². The molecule has 0 spiro atoms. The Labute approximate surface area is 210 Å². The van der Waals surface area contributed by atoms with Crippen LogP contribution in [0.15, 0.2) is 48.5 Å². The van der Waals surface area contributed by atoms with Gasteiger partial charge in [0.2, 0.25) is 0 Å². The van der Waals surface area contributed by atoms with E-state index in [1.165, 1.54) is 0 Å². The summed E-state index contributed by atoms with van der Waals surface area (Å²) in [5.41, 5.74) is -2.07. The smallest absolute Gasteiger partial charge is 0.417 e. The second-order valence-corrected chi connectivity index (χ2v) is 9.25. The molecule has 36 heavy (non-hydrogen) atoms. The van der Waals surface area contributed by atoms with E-state index in [2.05, 4.69) is 5.32 Å². The predicted octanol–water partition coefficient (Wildman–Crippen LogP) is 4.10. The van der Waals surface area contributed by atoms with E-state index in [1.807, 2.05) is 5.32 Å². The number of amides is 2. The standard InChI is InChI=1S/C24H26ClF3N2O6/c1-23(2,3)36-22(35)29-16(12-13-8-5-4-6-9-13)19(31)20(32)30-18(21(33)34)14-10-7-11-15(17(14)25)24(26,27)28/h4-11,16,18-19,31H,12H2,1-3H3,(H,29,35)(H,30,32)(H,33,34)/t16-,18?,19+/m1/s1. The largest absolute Gasteiger partial charge is 0.479 e. The molecular formula is C24H26ClF3N2O6. The highest BCUT2D eigenvalue weighted by atomic mass is 35.5. The van der Waals surface area contributed by atoms with Crippen molar-refractivity contribution in [3.63, 3.8) is 0 Å². The molecule has 12 heteroatoms. The van der Waals surface area contributed by atoms with Crippen LogP contribution in [-0.2, 0) is 26.9 Å². The molecule has 0 aliphatic carbocycles. The number of carboxylic acid groups (broad SMARTS) is 1. The van der Waals surface area contributed by atoms with Gasteiger partial charge in [-0.15, -0.1) is 0 Å². The normalized spacial score (nSPS) is 14.3. The zero-order chi connectivity index (χ0) is 27.3. The lowest BCUT2D eigenvalue weighted by molar-refractivity contribution is -0.144. The van der Waals surface area contributed by atoms with Gasteiger partial charge < -0.3 is 25.6 Å². The Bertz CT molecular complexity index is 1090. The number of carbonyl (C=O) groups is 3. The van der Waals surface area contributed by atoms with E-state index in [0.717, 1.165) is 12.1 Å². The lowest BCUT2D eigenvalue weighted by atomic mass is 9.99. The number of hydrogen-bond donors (Lipinski definition) is 4. The molecular weight excluding hydrogens is 505 g/mol. The monoisotopic (exact) mass is 530 g/mol. The molecule has 0 bridgehead atoms. The van der Waals surface area contributed by atoms with Gasteiger partial charge in [0.1, 0.15) is 5.60 Å². The van der Waals surface area contributed by atoms with Gasteiger partial charge in [-0.1, -0.05) is 54.1 Å². The fraction of sp³-hybridized carbons (Fsp3) is 0.375. The van der Waals surface area contributed by atoms with Gasteiger partial charge in [0.05, 0.1) is 16.6 Å². The molecule has 3 atom stereocenters. The quantitative estimate of drug-likeness (QED) is 0.407. The van der Waals surface area contributed by atoms with E-state index in [-0.39, 0.29) is 6.42 Å². The second kappa shape index (κ2) is 11.6. The molecule has 0 saturated heterocycles. The fourth-order valence-corrected chi connectivity index (χ4v) is 3.59. The van der Waals surface area contributed by atoms with Crippen LogP contribution in [0.25, 0.3) is 0 Å². The van der Waals surface area contributed by atoms with Gasteiger partial charge in [-0.05, 0) is 38.8 Å². The Balaban J connectivity index is 2.32. The van der Waals surface area contributed by atoms with Crippen LogP contribution in [0.1, 0.15) is 43.5 Å². The highest BCUT2D eigenvalue weighted by molar-refractivity contribution is 6.32. The van der Waals surface area contributed by atoms with E-state index in [1.54, 1.807) is 51.1 Å². The molecule has 0 fully saturated rings. The SMILES string of the molecule is CC(C)(C)OC(=O)N[C@H](Cc1ccccc1)[C@H](O)C(=O)NC(C(=O)O)c1cccc(C(F)(F)F)c1Cl. The first kappa shape index (κ1) is 28.9. The van der Waals surface area contributed by atoms with Crippen molar-refractivity contribution in [1.82, 2.24) is 10.6 Å². The average molecular weight is 531 g/mol. The summed E-state index contributed by atoms with van der Waals surface area (Å²) in [5, 5.41) is 23.8. The molecule has 4 N–H and O–H groups in total. The summed E-state index contributed by atoms with van der Waals surface area (Å²) in [6.45, 7) is 4.83. The predicted molar refractivity (Wildman–Crippen MR) is 124 cm³/mol. The molecule has 0 aromatic heterocycles. The van der Waals surface area contributed by atoms with Crippen molar-refractivity contribution in [1.29, 1.82) is 0 Å². The van der Waals surface area contributed by atoms with Crippen molar-refractivity contribution in [2.24, 2.45) is 0 Å². The maximum absolute atomic E-state index is 13.2. The Kier molecular flexibility index (Phi) is 9.33. The van der Waals surface area contributed by atoms with Gasteiger partial charge in [0.15, 0.2) is 12.1 Å². The zero-order valence-electron chi connectivity index (χ0n) is 19.6. The molecule has 0 heterocycles. The molecule has 2 aromatic carbocycles. The van der Waals surface area contributed by atoms with Crippen LogP contribution in [0.2, 0.25) is 5.02 Å². The molecule has 0 aliphatic heterocycles. The Morgan fingerprint density at radius 1 is 1.00 bits per heavy atom. The van der Waals surface area contributed by atoms with Gasteiger partial charge in [-0.25, -0.2) is 9.59 Å². The number of ether oxygens (including phenoxy) is 1. The lowest BCUT2D eigenvalue weighted by Crippen LogP contribution is -2.53. The molecule has 0 radical (unpaired) electrons. The highest BCUT2D eigenvalue weighted by Gasteiger charge is 2.37. The highest BCUT2D eigenvalue weighted by Crippen LogP contribution is 2.38. The molecule has 2 aromatic rings. The molecule has 2 rings (SSSR count). The van der Waals surface area contributed by atoms with E-state index >= 15 is 0 Å². The minimum absolute atomic E-state index is 0.0449. The number of benzene rings is 2. The second-order valence-electron chi connectivity index (χ2n) is 8.87. The number of alkyl halides is 3. The minimum Gasteiger partial charge on any atom is -0.479 e. The van der Waals surface area contributed by atoms with Crippen molar-refractivity contribution < 1.29 is 42.5 Å². The molecule has 0 aliphatic rings. The number of aliphatic hydroxyl groups excluding tert-OH is 1.